The molecule has 10 atom stereocenters. The van der Waals surface area contributed by atoms with Crippen molar-refractivity contribution in [3.05, 3.63) is 36.7 Å². The molecular weight excluding hydrogens is 794 g/mol. The predicted molar refractivity (Wildman–Crippen MR) is 156 cm³/mol. The van der Waals surface area contributed by atoms with E-state index in [9.17, 15) is 53.4 Å². The number of ether oxygens (including phenoxy) is 2. The Balaban J connectivity index is 1.10. The number of aliphatic hydroxyl groups is 3. The second-order valence-corrected chi connectivity index (χ2v) is 18.2. The molecule has 2 aromatic heterocycles. The zero-order valence-electron chi connectivity index (χ0n) is 24.3. The Morgan fingerprint density at radius 1 is 1.08 bits per heavy atom. The predicted octanol–water partition coefficient (Wildman–Crippen LogP) is -3.20. The molecule has 4 aliphatic rings. The maximum atomic E-state index is 12.7. The number of anilines is 1. The zero-order chi connectivity index (χ0) is 35.7. The summed E-state index contributed by atoms with van der Waals surface area (Å²) in [6.45, 7) is -1.96. The van der Waals surface area contributed by atoms with E-state index in [1.165, 1.54) is 23.4 Å². The van der Waals surface area contributed by atoms with Gasteiger partial charge in [0.1, 0.15) is 0 Å². The van der Waals surface area contributed by atoms with Crippen molar-refractivity contribution in [3.8, 4) is 0 Å². The van der Waals surface area contributed by atoms with Gasteiger partial charge in [-0.05, 0) is 6.42 Å². The molecule has 0 bridgehead atoms. The average molecular weight is 822 g/mol. The molecule has 0 radical (unpaired) electrons. The van der Waals surface area contributed by atoms with Crippen LogP contribution in [0, 0.1) is 0 Å². The maximum absolute atomic E-state index is 12.7. The number of nitrogens with zero attached hydrogens (tertiary/aromatic N) is 5. The third-order valence-electron chi connectivity index (χ3n) is 7.59. The van der Waals surface area contributed by atoms with E-state index in [-0.39, 0.29) is 29.0 Å². The van der Waals surface area contributed by atoms with Gasteiger partial charge < -0.3 is 5.73 Å². The Bertz CT molecular complexity index is 1860. The summed E-state index contributed by atoms with van der Waals surface area (Å²) in [4.78, 5) is 64.1. The average Bonchev–Trinajstić information content (AvgIpc) is 3.24. The standard InChI is InChI=1S/C21H28N7O17P3Se/c22-15-11-17(25-7-24-15)28(8-26-11)19-14(44-46(33,34)35)21(32)20(43-19,49-21)6-41-48(38,39)45-47(36,37)40-5-10-12(29)13(30)18(42-10)27-3-1-2-9(4-27)16(23)31/h1,3-4,7-8,10,12-14,18-19,29-30,32H,2,5-6H2,(H2,23,31)(H,36,37)(H,38,39)(H2,22,24,25)(H2,33,34,35)/t10-,12-,13-,14-,18-,19-,20-,21-/m1/s1. The molecule has 24 nitrogen and oxygen atoms in total. The van der Waals surface area contributed by atoms with Gasteiger partial charge >= 0.3 is 233 Å². The molecule has 0 aliphatic carbocycles. The zero-order valence-corrected chi connectivity index (χ0v) is 28.7. The Hall–Kier alpha value is -2.21. The molecule has 270 valence electrons. The van der Waals surface area contributed by atoms with Crippen molar-refractivity contribution in [1.82, 2.24) is 24.4 Å². The van der Waals surface area contributed by atoms with Gasteiger partial charge in [0.05, 0.1) is 0 Å². The number of aliphatic hydroxyl groups excluding tert-OH is 2. The molecule has 2 unspecified atom stereocenters. The van der Waals surface area contributed by atoms with Crippen LogP contribution < -0.4 is 11.5 Å². The molecule has 11 N–H and O–H groups in total. The van der Waals surface area contributed by atoms with Crippen molar-refractivity contribution in [1.29, 1.82) is 0 Å². The van der Waals surface area contributed by atoms with Gasteiger partial charge in [0.15, 0.2) is 0 Å². The van der Waals surface area contributed by atoms with Crippen LogP contribution in [0.4, 0.5) is 5.82 Å². The summed E-state index contributed by atoms with van der Waals surface area (Å²) in [7, 11) is -16.3. The number of phosphoric acid groups is 3. The number of hydrogen-bond donors (Lipinski definition) is 9. The second-order valence-electron chi connectivity index (χ2n) is 10.8. The summed E-state index contributed by atoms with van der Waals surface area (Å²) in [5, 5.41) is 32.2. The molecule has 3 saturated heterocycles. The Morgan fingerprint density at radius 3 is 2.49 bits per heavy atom. The smallest absolute Gasteiger partial charge is 0.0635 e. The molecule has 6 rings (SSSR count). The van der Waals surface area contributed by atoms with E-state index in [2.05, 4.69) is 19.3 Å². The number of fused-ring (bicyclic) bond motifs is 2. The third-order valence-corrected chi connectivity index (χ3v) is 13.9. The van der Waals surface area contributed by atoms with Crippen LogP contribution in [0.5, 0.6) is 0 Å². The summed E-state index contributed by atoms with van der Waals surface area (Å²) in [5.41, 5.74) is 11.3. The topological polar surface area (TPSA) is 364 Å². The second kappa shape index (κ2) is 12.8. The van der Waals surface area contributed by atoms with Crippen LogP contribution in [-0.4, -0.2) is 133 Å². The first-order chi connectivity index (χ1) is 22.7. The number of imidazole rings is 1. The Labute approximate surface area is 279 Å². The van der Waals surface area contributed by atoms with Gasteiger partial charge in [-0.1, -0.05) is 6.08 Å². The fraction of sp³-hybridized carbons (Fsp3) is 0.524. The van der Waals surface area contributed by atoms with E-state index in [0.29, 0.717) is 0 Å². The van der Waals surface area contributed by atoms with Gasteiger partial charge in [0, 0.05) is 18.0 Å². The van der Waals surface area contributed by atoms with Crippen molar-refractivity contribution in [2.75, 3.05) is 18.9 Å². The minimum Gasteiger partial charge on any atom is -0.0635 e. The van der Waals surface area contributed by atoms with Crippen LogP contribution >= 0.6 is 23.5 Å². The van der Waals surface area contributed by atoms with Gasteiger partial charge in [-0.25, -0.2) is 0 Å². The van der Waals surface area contributed by atoms with E-state index < -0.39 is 103 Å². The molecule has 0 aromatic carbocycles. The summed E-state index contributed by atoms with van der Waals surface area (Å²) in [5.74, 6) is -0.779. The van der Waals surface area contributed by atoms with Crippen LogP contribution in [0.25, 0.3) is 11.2 Å². The first kappa shape index (κ1) is 36.6. The van der Waals surface area contributed by atoms with Crippen molar-refractivity contribution in [2.24, 2.45) is 5.73 Å². The van der Waals surface area contributed by atoms with Crippen LogP contribution in [0.15, 0.2) is 36.7 Å². The van der Waals surface area contributed by atoms with Gasteiger partial charge in [0.2, 0.25) is 5.91 Å². The molecule has 0 spiro atoms. The molecule has 1 amide bonds. The third kappa shape index (κ3) is 7.15. The van der Waals surface area contributed by atoms with E-state index in [1.807, 2.05) is 0 Å². The van der Waals surface area contributed by atoms with Crippen molar-refractivity contribution < 1.29 is 80.7 Å². The normalized spacial score (nSPS) is 35.2. The number of primary amides is 1. The summed E-state index contributed by atoms with van der Waals surface area (Å²) < 4.78 is 64.3. The Kier molecular flexibility index (Phi) is 9.54. The summed E-state index contributed by atoms with van der Waals surface area (Å²) in [6.07, 6.45) is -2.73. The first-order valence-corrected chi connectivity index (χ1v) is 19.9. The molecule has 6 heterocycles. The van der Waals surface area contributed by atoms with Crippen LogP contribution in [0.1, 0.15) is 12.6 Å². The number of allylic oxidation sites excluding steroid dienone is 1. The van der Waals surface area contributed by atoms with Crippen LogP contribution in [-0.2, 0) is 45.8 Å². The van der Waals surface area contributed by atoms with E-state index in [4.69, 9.17) is 34.5 Å². The molecule has 49 heavy (non-hydrogen) atoms. The first-order valence-electron chi connectivity index (χ1n) is 13.6. The number of rotatable bonds is 13. The fourth-order valence-corrected chi connectivity index (χ4v) is 10.9. The van der Waals surface area contributed by atoms with Crippen LogP contribution in [0.3, 0.4) is 0 Å². The van der Waals surface area contributed by atoms with E-state index in [1.54, 1.807) is 0 Å². The molecule has 3 fully saturated rings. The minimum absolute atomic E-state index is 0.0225. The number of carbonyl (C=O) groups is 1. The summed E-state index contributed by atoms with van der Waals surface area (Å²) in [6, 6.07) is 0. The fourth-order valence-electron chi connectivity index (χ4n) is 5.28. The van der Waals surface area contributed by atoms with E-state index >= 15 is 0 Å². The quantitative estimate of drug-likeness (QED) is 0.0709. The van der Waals surface area contributed by atoms with Gasteiger partial charge in [-0.3, -0.25) is 4.79 Å². The number of carbonyl (C=O) groups excluding carboxylic acids is 1. The molecule has 2 aromatic rings. The van der Waals surface area contributed by atoms with Gasteiger partial charge in [-0.15, -0.1) is 0 Å². The van der Waals surface area contributed by atoms with Crippen molar-refractivity contribution in [2.45, 2.75) is 52.3 Å². The van der Waals surface area contributed by atoms with E-state index in [0.717, 1.165) is 17.2 Å². The molecule has 28 heteroatoms. The Morgan fingerprint density at radius 2 is 1.80 bits per heavy atom. The van der Waals surface area contributed by atoms with Crippen molar-refractivity contribution in [3.63, 3.8) is 0 Å². The van der Waals surface area contributed by atoms with Crippen molar-refractivity contribution >= 4 is 61.3 Å². The number of aromatic nitrogens is 4. The number of nitrogen functional groups attached to an aromatic ring is 1. The molecular formula is C21H28N7O17P3Se. The SMILES string of the molecule is NC(=O)C1=CN([C@@H]2O[C@H](COP(=O)(O)OP(=O)(O)OC[C@]34O[C@@H](n5cnc6c(N)ncnc65)[C@@H](OP(=O)(O)O)[C@@]3(O)[Se]4)[C@@H](O)[C@H]2O)C=CC1. The number of phosphoric ester groups is 3. The number of hydrogen-bond acceptors (Lipinski definition) is 18. The minimum atomic E-state index is -5.53. The summed E-state index contributed by atoms with van der Waals surface area (Å²) >= 11 is -1.13. The number of amides is 1. The molecule has 4 aliphatic heterocycles. The molecule has 0 saturated carbocycles. The number of nitrogens with two attached hydrogens (primary N) is 2. The van der Waals surface area contributed by atoms with Gasteiger partial charge in [-0.2, -0.15) is 0 Å². The van der Waals surface area contributed by atoms with Crippen LogP contribution in [0.2, 0.25) is 0 Å². The van der Waals surface area contributed by atoms with Gasteiger partial charge in [0.25, 0.3) is 0 Å². The monoisotopic (exact) mass is 823 g/mol.